The number of hydrogen-bond acceptors (Lipinski definition) is 2. The van der Waals surface area contributed by atoms with Crippen LogP contribution in [-0.2, 0) is 0 Å². The Kier molecular flexibility index (Phi) is 7.23. The zero-order valence-electron chi connectivity index (χ0n) is 13.0. The van der Waals surface area contributed by atoms with E-state index in [1.807, 2.05) is 0 Å². The van der Waals surface area contributed by atoms with Gasteiger partial charge in [0.2, 0.25) is 0 Å². The molecule has 0 aromatic rings. The highest BCUT2D eigenvalue weighted by Crippen LogP contribution is 2.29. The molecule has 0 aromatic heterocycles. The van der Waals surface area contributed by atoms with Crippen molar-refractivity contribution in [3.8, 4) is 0 Å². The van der Waals surface area contributed by atoms with E-state index in [1.54, 1.807) is 0 Å². The van der Waals surface area contributed by atoms with E-state index in [2.05, 4.69) is 17.1 Å². The third-order valence-electron chi connectivity index (χ3n) is 5.14. The first-order valence-corrected chi connectivity index (χ1v) is 8.86. The van der Waals surface area contributed by atoms with Gasteiger partial charge in [0.15, 0.2) is 0 Å². The van der Waals surface area contributed by atoms with E-state index in [-0.39, 0.29) is 0 Å². The fraction of sp³-hybridized carbons (Fsp3) is 1.00. The fourth-order valence-corrected chi connectivity index (χ4v) is 3.99. The standard InChI is InChI=1S/C17H34N2/c1-2-3-4-5-6-7-14-19-15-8-9-17(19)16-10-12-18-13-11-16/h16-18H,2-15H2,1H3. The highest BCUT2D eigenvalue weighted by molar-refractivity contribution is 4.87. The molecule has 2 aliphatic rings. The van der Waals surface area contributed by atoms with E-state index in [0.29, 0.717) is 0 Å². The third kappa shape index (κ3) is 5.07. The van der Waals surface area contributed by atoms with Crippen molar-refractivity contribution in [1.29, 1.82) is 0 Å². The molecule has 0 aliphatic carbocycles. The average Bonchev–Trinajstić information content (AvgIpc) is 2.92. The number of nitrogens with zero attached hydrogens (tertiary/aromatic N) is 1. The zero-order valence-corrected chi connectivity index (χ0v) is 13.0. The minimum absolute atomic E-state index is 0.928. The lowest BCUT2D eigenvalue weighted by Crippen LogP contribution is -2.41. The molecular weight excluding hydrogens is 232 g/mol. The Morgan fingerprint density at radius 1 is 0.947 bits per heavy atom. The molecule has 0 aromatic carbocycles. The number of likely N-dealkylation sites (tertiary alicyclic amines) is 1. The molecule has 1 atom stereocenters. The molecule has 19 heavy (non-hydrogen) atoms. The highest BCUT2D eigenvalue weighted by atomic mass is 15.2. The van der Waals surface area contributed by atoms with Crippen molar-refractivity contribution in [2.45, 2.75) is 77.2 Å². The van der Waals surface area contributed by atoms with Crippen LogP contribution in [-0.4, -0.2) is 37.1 Å². The normalized spacial score (nSPS) is 26.1. The molecule has 2 nitrogen and oxygen atoms in total. The van der Waals surface area contributed by atoms with Crippen molar-refractivity contribution in [1.82, 2.24) is 10.2 Å². The summed E-state index contributed by atoms with van der Waals surface area (Å²) >= 11 is 0. The maximum atomic E-state index is 3.51. The number of nitrogens with one attached hydrogen (secondary N) is 1. The molecule has 112 valence electrons. The molecule has 0 spiro atoms. The maximum absolute atomic E-state index is 3.51. The van der Waals surface area contributed by atoms with Crippen molar-refractivity contribution in [2.75, 3.05) is 26.2 Å². The molecule has 1 unspecified atom stereocenters. The Balaban J connectivity index is 1.61. The molecule has 2 heteroatoms. The largest absolute Gasteiger partial charge is 0.317 e. The minimum Gasteiger partial charge on any atom is -0.317 e. The first kappa shape index (κ1) is 15.3. The van der Waals surface area contributed by atoms with Crippen LogP contribution in [0.25, 0.3) is 0 Å². The van der Waals surface area contributed by atoms with Crippen molar-refractivity contribution < 1.29 is 0 Å². The Morgan fingerprint density at radius 2 is 1.68 bits per heavy atom. The van der Waals surface area contributed by atoms with Gasteiger partial charge in [-0.3, -0.25) is 0 Å². The van der Waals surface area contributed by atoms with Crippen LogP contribution in [0.15, 0.2) is 0 Å². The van der Waals surface area contributed by atoms with Crippen molar-refractivity contribution >= 4 is 0 Å². The molecular formula is C17H34N2. The molecule has 0 radical (unpaired) electrons. The van der Waals surface area contributed by atoms with Gasteiger partial charge in [0.05, 0.1) is 0 Å². The van der Waals surface area contributed by atoms with Gasteiger partial charge in [-0.1, -0.05) is 39.0 Å². The molecule has 2 rings (SSSR count). The lowest BCUT2D eigenvalue weighted by atomic mass is 9.88. The average molecular weight is 266 g/mol. The van der Waals surface area contributed by atoms with Gasteiger partial charge < -0.3 is 10.2 Å². The van der Waals surface area contributed by atoms with Crippen LogP contribution < -0.4 is 5.32 Å². The van der Waals surface area contributed by atoms with Crippen LogP contribution in [0, 0.1) is 5.92 Å². The summed E-state index contributed by atoms with van der Waals surface area (Å²) in [6, 6.07) is 0.928. The van der Waals surface area contributed by atoms with Gasteiger partial charge in [-0.25, -0.2) is 0 Å². The topological polar surface area (TPSA) is 15.3 Å². The summed E-state index contributed by atoms with van der Waals surface area (Å²) in [6.45, 7) is 7.57. The van der Waals surface area contributed by atoms with Crippen LogP contribution in [0.4, 0.5) is 0 Å². The van der Waals surface area contributed by atoms with Gasteiger partial charge in [0.25, 0.3) is 0 Å². The van der Waals surface area contributed by atoms with Crippen LogP contribution in [0.5, 0.6) is 0 Å². The van der Waals surface area contributed by atoms with Gasteiger partial charge in [-0.05, 0) is 64.2 Å². The van der Waals surface area contributed by atoms with Crippen molar-refractivity contribution in [2.24, 2.45) is 5.92 Å². The Morgan fingerprint density at radius 3 is 2.47 bits per heavy atom. The number of piperidine rings is 1. The molecule has 2 aliphatic heterocycles. The van der Waals surface area contributed by atoms with Crippen LogP contribution >= 0.6 is 0 Å². The molecule has 1 N–H and O–H groups in total. The second-order valence-corrected chi connectivity index (χ2v) is 6.60. The minimum atomic E-state index is 0.928. The molecule has 2 saturated heterocycles. The first-order valence-electron chi connectivity index (χ1n) is 8.86. The van der Waals surface area contributed by atoms with Gasteiger partial charge in [0, 0.05) is 6.04 Å². The number of hydrogen-bond donors (Lipinski definition) is 1. The summed E-state index contributed by atoms with van der Waals surface area (Å²) in [5.41, 5.74) is 0. The maximum Gasteiger partial charge on any atom is 0.0125 e. The molecule has 0 saturated carbocycles. The summed E-state index contributed by atoms with van der Waals surface area (Å²) in [6.07, 6.45) is 14.3. The Bertz CT molecular complexity index is 223. The van der Waals surface area contributed by atoms with Gasteiger partial charge >= 0.3 is 0 Å². The van der Waals surface area contributed by atoms with E-state index in [4.69, 9.17) is 0 Å². The number of unbranched alkanes of at least 4 members (excludes halogenated alkanes) is 5. The summed E-state index contributed by atoms with van der Waals surface area (Å²) in [5, 5.41) is 3.51. The van der Waals surface area contributed by atoms with Crippen molar-refractivity contribution in [3.63, 3.8) is 0 Å². The molecule has 0 bridgehead atoms. The van der Waals surface area contributed by atoms with Crippen LogP contribution in [0.1, 0.15) is 71.1 Å². The summed E-state index contributed by atoms with van der Waals surface area (Å²) in [5.74, 6) is 0.990. The third-order valence-corrected chi connectivity index (χ3v) is 5.14. The SMILES string of the molecule is CCCCCCCCN1CCCC1C1CCNCC1. The molecule has 2 heterocycles. The quantitative estimate of drug-likeness (QED) is 0.672. The van der Waals surface area contributed by atoms with Gasteiger partial charge in [-0.2, -0.15) is 0 Å². The molecule has 2 fully saturated rings. The first-order chi connectivity index (χ1) is 9.42. The van der Waals surface area contributed by atoms with Crippen LogP contribution in [0.2, 0.25) is 0 Å². The van der Waals surface area contributed by atoms with E-state index >= 15 is 0 Å². The number of rotatable bonds is 8. The Labute approximate surface area is 120 Å². The summed E-state index contributed by atoms with van der Waals surface area (Å²) in [7, 11) is 0. The predicted molar refractivity (Wildman–Crippen MR) is 83.6 cm³/mol. The zero-order chi connectivity index (χ0) is 13.3. The lowest BCUT2D eigenvalue weighted by molar-refractivity contribution is 0.160. The van der Waals surface area contributed by atoms with E-state index in [0.717, 1.165) is 12.0 Å². The van der Waals surface area contributed by atoms with Crippen LogP contribution in [0.3, 0.4) is 0 Å². The van der Waals surface area contributed by atoms with E-state index < -0.39 is 0 Å². The van der Waals surface area contributed by atoms with Crippen molar-refractivity contribution in [3.05, 3.63) is 0 Å². The smallest absolute Gasteiger partial charge is 0.0125 e. The second-order valence-electron chi connectivity index (χ2n) is 6.60. The second kappa shape index (κ2) is 8.97. The Hall–Kier alpha value is -0.0800. The lowest BCUT2D eigenvalue weighted by Gasteiger charge is -2.34. The highest BCUT2D eigenvalue weighted by Gasteiger charge is 2.31. The van der Waals surface area contributed by atoms with E-state index in [9.17, 15) is 0 Å². The summed E-state index contributed by atoms with van der Waals surface area (Å²) in [4.78, 5) is 2.83. The fourth-order valence-electron chi connectivity index (χ4n) is 3.99. The summed E-state index contributed by atoms with van der Waals surface area (Å²) < 4.78 is 0. The molecule has 0 amide bonds. The van der Waals surface area contributed by atoms with Gasteiger partial charge in [0.1, 0.15) is 0 Å². The monoisotopic (exact) mass is 266 g/mol. The van der Waals surface area contributed by atoms with Gasteiger partial charge in [-0.15, -0.1) is 0 Å². The predicted octanol–water partition coefficient (Wildman–Crippen LogP) is 3.81. The van der Waals surface area contributed by atoms with E-state index in [1.165, 1.54) is 90.4 Å².